The number of nitrogens with zero attached hydrogens (tertiary/aromatic N) is 2. The van der Waals surface area contributed by atoms with Crippen LogP contribution in [-0.2, 0) is 0 Å². The highest BCUT2D eigenvalue weighted by Gasteiger charge is 2.20. The summed E-state index contributed by atoms with van der Waals surface area (Å²) < 4.78 is 0. The molecule has 0 atom stereocenters. The molecule has 2 rings (SSSR count). The van der Waals surface area contributed by atoms with Gasteiger partial charge < -0.3 is 5.32 Å². The number of hydrogen-bond donors (Lipinski definition) is 2. The van der Waals surface area contributed by atoms with Crippen molar-refractivity contribution < 1.29 is 9.72 Å². The molecule has 0 aliphatic rings. The molecule has 2 N–H and O–H groups in total. The molecule has 0 radical (unpaired) electrons. The van der Waals surface area contributed by atoms with Crippen LogP contribution in [-0.4, -0.2) is 15.9 Å². The van der Waals surface area contributed by atoms with E-state index in [0.29, 0.717) is 11.3 Å². The molecule has 0 fully saturated rings. The first-order chi connectivity index (χ1) is 11.0. The van der Waals surface area contributed by atoms with E-state index in [9.17, 15) is 14.9 Å². The van der Waals surface area contributed by atoms with E-state index >= 15 is 0 Å². The minimum atomic E-state index is -0.704. The lowest BCUT2D eigenvalue weighted by molar-refractivity contribution is -0.385. The monoisotopic (exact) mass is 326 g/mol. The smallest absolute Gasteiger partial charge is 0.282 e. The molecule has 7 nitrogen and oxygen atoms in total. The zero-order valence-corrected chi connectivity index (χ0v) is 12.5. The highest BCUT2D eigenvalue weighted by atomic mass is 32.1. The SMILES string of the molecule is N#Cc1ccccc1NC(=S)NC(=O)c1ccccc1[N+](=O)[O-]. The number of nitriles is 1. The lowest BCUT2D eigenvalue weighted by Gasteiger charge is -2.10. The summed E-state index contributed by atoms with van der Waals surface area (Å²) in [5.41, 5.74) is 0.373. The average Bonchev–Trinajstić information content (AvgIpc) is 2.55. The van der Waals surface area contributed by atoms with E-state index in [2.05, 4.69) is 10.6 Å². The van der Waals surface area contributed by atoms with Gasteiger partial charge in [-0.25, -0.2) is 0 Å². The fourth-order valence-corrected chi connectivity index (χ4v) is 2.04. The van der Waals surface area contributed by atoms with E-state index < -0.39 is 10.8 Å². The molecule has 0 saturated carbocycles. The van der Waals surface area contributed by atoms with Gasteiger partial charge in [0.25, 0.3) is 11.6 Å². The maximum atomic E-state index is 12.1. The number of para-hydroxylation sites is 2. The molecule has 0 aliphatic carbocycles. The second-order valence-corrected chi connectivity index (χ2v) is 4.75. The van der Waals surface area contributed by atoms with Crippen LogP contribution in [0.4, 0.5) is 11.4 Å². The van der Waals surface area contributed by atoms with E-state index in [0.717, 1.165) is 0 Å². The summed E-state index contributed by atoms with van der Waals surface area (Å²) in [5, 5.41) is 24.9. The molecule has 0 spiro atoms. The molecule has 0 heterocycles. The van der Waals surface area contributed by atoms with Crippen molar-refractivity contribution in [2.24, 2.45) is 0 Å². The van der Waals surface area contributed by atoms with Crippen LogP contribution < -0.4 is 10.6 Å². The van der Waals surface area contributed by atoms with E-state index in [1.165, 1.54) is 24.3 Å². The number of carbonyl (C=O) groups is 1. The molecule has 0 aromatic heterocycles. The number of rotatable bonds is 3. The summed E-state index contributed by atoms with van der Waals surface area (Å²) >= 11 is 5.01. The molecular formula is C15H10N4O3S. The molecule has 114 valence electrons. The number of nitro benzene ring substituents is 1. The number of carbonyl (C=O) groups excluding carboxylic acids is 1. The highest BCUT2D eigenvalue weighted by Crippen LogP contribution is 2.17. The van der Waals surface area contributed by atoms with Crippen molar-refractivity contribution in [1.82, 2.24) is 5.32 Å². The Labute approximate surface area is 136 Å². The summed E-state index contributed by atoms with van der Waals surface area (Å²) in [5.74, 6) is -0.704. The van der Waals surface area contributed by atoms with Gasteiger partial charge in [0, 0.05) is 6.07 Å². The van der Waals surface area contributed by atoms with Crippen molar-refractivity contribution in [3.63, 3.8) is 0 Å². The van der Waals surface area contributed by atoms with Crippen molar-refractivity contribution >= 4 is 34.6 Å². The van der Waals surface area contributed by atoms with Gasteiger partial charge in [-0.1, -0.05) is 24.3 Å². The number of nitro groups is 1. The molecule has 2 aromatic rings. The standard InChI is InChI=1S/C15H10N4O3S/c16-9-10-5-1-3-7-12(10)17-15(23)18-14(20)11-6-2-4-8-13(11)19(21)22/h1-8H,(H2,17,18,20,23). The van der Waals surface area contributed by atoms with Gasteiger partial charge in [-0.3, -0.25) is 20.2 Å². The molecule has 0 bridgehead atoms. The molecule has 2 aromatic carbocycles. The van der Waals surface area contributed by atoms with E-state index in [-0.39, 0.29) is 16.4 Å². The van der Waals surface area contributed by atoms with Crippen molar-refractivity contribution in [3.8, 4) is 6.07 Å². The fraction of sp³-hybridized carbons (Fsp3) is 0. The number of nitrogens with one attached hydrogen (secondary N) is 2. The highest BCUT2D eigenvalue weighted by molar-refractivity contribution is 7.80. The fourth-order valence-electron chi connectivity index (χ4n) is 1.84. The van der Waals surface area contributed by atoms with Gasteiger partial charge in [0.15, 0.2) is 5.11 Å². The Morgan fingerprint density at radius 1 is 1.17 bits per heavy atom. The van der Waals surface area contributed by atoms with Crippen LogP contribution in [0.3, 0.4) is 0 Å². The molecule has 0 saturated heterocycles. The number of amides is 1. The van der Waals surface area contributed by atoms with Gasteiger partial charge in [0.1, 0.15) is 11.6 Å². The van der Waals surface area contributed by atoms with Crippen LogP contribution in [0.5, 0.6) is 0 Å². The lowest BCUT2D eigenvalue weighted by Crippen LogP contribution is -2.34. The minimum absolute atomic E-state index is 0.0594. The maximum Gasteiger partial charge on any atom is 0.282 e. The summed E-state index contributed by atoms with van der Waals surface area (Å²) in [6.45, 7) is 0. The van der Waals surface area contributed by atoms with Crippen molar-refractivity contribution in [2.75, 3.05) is 5.32 Å². The molecule has 8 heteroatoms. The van der Waals surface area contributed by atoms with Crippen LogP contribution in [0, 0.1) is 21.4 Å². The molecule has 1 amide bonds. The summed E-state index contributed by atoms with van der Waals surface area (Å²) in [7, 11) is 0. The predicted molar refractivity (Wildman–Crippen MR) is 87.9 cm³/mol. The first kappa shape index (κ1) is 16.1. The number of hydrogen-bond acceptors (Lipinski definition) is 5. The second kappa shape index (κ2) is 7.11. The maximum absolute atomic E-state index is 12.1. The quantitative estimate of drug-likeness (QED) is 0.510. The Hall–Kier alpha value is -3.31. The number of benzene rings is 2. The zero-order valence-electron chi connectivity index (χ0n) is 11.6. The largest absolute Gasteiger partial charge is 0.331 e. The lowest BCUT2D eigenvalue weighted by atomic mass is 10.1. The predicted octanol–water partition coefficient (Wildman–Crippen LogP) is 2.59. The molecule has 0 unspecified atom stereocenters. The van der Waals surface area contributed by atoms with Crippen molar-refractivity contribution in [2.45, 2.75) is 0 Å². The Kier molecular flexibility index (Phi) is 4.96. The summed E-state index contributed by atoms with van der Waals surface area (Å²) in [4.78, 5) is 22.4. The molecule has 0 aliphatic heterocycles. The van der Waals surface area contributed by atoms with Crippen LogP contribution in [0.25, 0.3) is 0 Å². The van der Waals surface area contributed by atoms with Crippen molar-refractivity contribution in [3.05, 3.63) is 69.8 Å². The zero-order chi connectivity index (χ0) is 16.8. The van der Waals surface area contributed by atoms with E-state index in [1.54, 1.807) is 24.3 Å². The first-order valence-electron chi connectivity index (χ1n) is 6.38. The third kappa shape index (κ3) is 3.87. The second-order valence-electron chi connectivity index (χ2n) is 4.34. The Balaban J connectivity index is 2.14. The average molecular weight is 326 g/mol. The Bertz CT molecular complexity index is 829. The van der Waals surface area contributed by atoms with Gasteiger partial charge >= 0.3 is 0 Å². The number of anilines is 1. The third-order valence-corrected chi connectivity index (χ3v) is 3.07. The van der Waals surface area contributed by atoms with Crippen molar-refractivity contribution in [1.29, 1.82) is 5.26 Å². The van der Waals surface area contributed by atoms with Crippen LogP contribution in [0.1, 0.15) is 15.9 Å². The van der Waals surface area contributed by atoms with Crippen LogP contribution >= 0.6 is 12.2 Å². The van der Waals surface area contributed by atoms with Gasteiger partial charge in [-0.2, -0.15) is 5.26 Å². The van der Waals surface area contributed by atoms with Gasteiger partial charge in [-0.15, -0.1) is 0 Å². The first-order valence-corrected chi connectivity index (χ1v) is 6.78. The topological polar surface area (TPSA) is 108 Å². The minimum Gasteiger partial charge on any atom is -0.331 e. The number of thiocarbonyl (C=S) groups is 1. The normalized spacial score (nSPS) is 9.52. The Morgan fingerprint density at radius 3 is 2.52 bits per heavy atom. The van der Waals surface area contributed by atoms with E-state index in [1.807, 2.05) is 6.07 Å². The van der Waals surface area contributed by atoms with Gasteiger partial charge in [0.05, 0.1) is 16.2 Å². The van der Waals surface area contributed by atoms with Gasteiger partial charge in [-0.05, 0) is 30.4 Å². The van der Waals surface area contributed by atoms with Crippen LogP contribution in [0.15, 0.2) is 48.5 Å². The van der Waals surface area contributed by atoms with Gasteiger partial charge in [0.2, 0.25) is 0 Å². The third-order valence-electron chi connectivity index (χ3n) is 2.87. The van der Waals surface area contributed by atoms with E-state index in [4.69, 9.17) is 17.5 Å². The molecular weight excluding hydrogens is 316 g/mol. The molecule has 23 heavy (non-hydrogen) atoms. The summed E-state index contributed by atoms with van der Waals surface area (Å²) in [6, 6.07) is 14.2. The summed E-state index contributed by atoms with van der Waals surface area (Å²) in [6.07, 6.45) is 0. The van der Waals surface area contributed by atoms with Crippen LogP contribution in [0.2, 0.25) is 0 Å². The Morgan fingerprint density at radius 2 is 1.83 bits per heavy atom.